The highest BCUT2D eigenvalue weighted by Gasteiger charge is 2.26. The van der Waals surface area contributed by atoms with Crippen LogP contribution in [0.25, 0.3) is 0 Å². The molecule has 1 aliphatic heterocycles. The second kappa shape index (κ2) is 7.25. The van der Waals surface area contributed by atoms with E-state index >= 15 is 0 Å². The second-order valence-corrected chi connectivity index (χ2v) is 4.34. The maximum Gasteiger partial charge on any atom is 0.213 e. The van der Waals surface area contributed by atoms with E-state index in [0.717, 1.165) is 6.54 Å². The van der Waals surface area contributed by atoms with Crippen LogP contribution in [-0.4, -0.2) is 50.7 Å². The third-order valence-electron chi connectivity index (χ3n) is 2.88. The van der Waals surface area contributed by atoms with Crippen LogP contribution in [0.3, 0.4) is 0 Å². The SMILES string of the molecule is COCCOc1ccc(O[C@@H]2CCNC[C@H]2F)cn1. The summed E-state index contributed by atoms with van der Waals surface area (Å²) in [5, 5.41) is 2.99. The number of pyridine rings is 1. The zero-order chi connectivity index (χ0) is 13.5. The highest BCUT2D eigenvalue weighted by molar-refractivity contribution is 5.23. The van der Waals surface area contributed by atoms with Crippen molar-refractivity contribution < 1.29 is 18.6 Å². The molecule has 1 saturated heterocycles. The second-order valence-electron chi connectivity index (χ2n) is 4.34. The summed E-state index contributed by atoms with van der Waals surface area (Å²) in [6.45, 7) is 2.08. The van der Waals surface area contributed by atoms with Gasteiger partial charge in [-0.15, -0.1) is 0 Å². The number of nitrogens with zero attached hydrogens (tertiary/aromatic N) is 1. The van der Waals surface area contributed by atoms with E-state index in [2.05, 4.69) is 10.3 Å². The molecule has 1 aliphatic rings. The standard InChI is InChI=1S/C13H19FN2O3/c1-17-6-7-18-13-3-2-10(8-16-13)19-12-4-5-15-9-11(12)14/h2-3,8,11-12,15H,4-7,9H2,1H3/t11-,12-/m1/s1. The number of nitrogens with one attached hydrogen (secondary N) is 1. The van der Waals surface area contributed by atoms with E-state index in [1.165, 1.54) is 0 Å². The molecule has 0 saturated carbocycles. The minimum atomic E-state index is -0.980. The molecular formula is C13H19FN2O3. The van der Waals surface area contributed by atoms with Crippen molar-refractivity contribution >= 4 is 0 Å². The molecule has 0 aliphatic carbocycles. The molecular weight excluding hydrogens is 251 g/mol. The molecule has 5 nitrogen and oxygen atoms in total. The van der Waals surface area contributed by atoms with Gasteiger partial charge in [-0.05, 0) is 19.0 Å². The first-order chi connectivity index (χ1) is 9.29. The van der Waals surface area contributed by atoms with Crippen molar-refractivity contribution in [2.45, 2.75) is 18.7 Å². The lowest BCUT2D eigenvalue weighted by atomic mass is 10.1. The van der Waals surface area contributed by atoms with Gasteiger partial charge in [0.25, 0.3) is 0 Å². The summed E-state index contributed by atoms with van der Waals surface area (Å²) in [7, 11) is 1.61. The molecule has 0 unspecified atom stereocenters. The first kappa shape index (κ1) is 14.0. The first-order valence-corrected chi connectivity index (χ1v) is 6.39. The van der Waals surface area contributed by atoms with Crippen LogP contribution in [0.5, 0.6) is 11.6 Å². The Morgan fingerprint density at radius 2 is 2.32 bits per heavy atom. The van der Waals surface area contributed by atoms with Crippen LogP contribution >= 0.6 is 0 Å². The van der Waals surface area contributed by atoms with Crippen LogP contribution in [0.2, 0.25) is 0 Å². The summed E-state index contributed by atoms with van der Waals surface area (Å²) in [6, 6.07) is 3.45. The van der Waals surface area contributed by atoms with Crippen LogP contribution in [0.4, 0.5) is 4.39 Å². The Morgan fingerprint density at radius 1 is 1.42 bits per heavy atom. The van der Waals surface area contributed by atoms with Gasteiger partial charge in [-0.1, -0.05) is 0 Å². The molecule has 106 valence electrons. The number of halogens is 1. The lowest BCUT2D eigenvalue weighted by Gasteiger charge is -2.27. The number of hydrogen-bond donors (Lipinski definition) is 1. The Kier molecular flexibility index (Phi) is 5.35. The van der Waals surface area contributed by atoms with Crippen molar-refractivity contribution in [2.24, 2.45) is 0 Å². The normalized spacial score (nSPS) is 23.1. The molecule has 2 heterocycles. The van der Waals surface area contributed by atoms with Crippen LogP contribution in [0, 0.1) is 0 Å². The van der Waals surface area contributed by atoms with Crippen molar-refractivity contribution in [3.63, 3.8) is 0 Å². The molecule has 0 bridgehead atoms. The minimum Gasteiger partial charge on any atom is -0.486 e. The molecule has 1 fully saturated rings. The summed E-state index contributed by atoms with van der Waals surface area (Å²) in [4.78, 5) is 4.10. The number of alkyl halides is 1. The smallest absolute Gasteiger partial charge is 0.213 e. The van der Waals surface area contributed by atoms with E-state index < -0.39 is 12.3 Å². The van der Waals surface area contributed by atoms with E-state index in [9.17, 15) is 4.39 Å². The molecule has 2 atom stereocenters. The average molecular weight is 270 g/mol. The number of aromatic nitrogens is 1. The third-order valence-corrected chi connectivity index (χ3v) is 2.88. The molecule has 0 spiro atoms. The van der Waals surface area contributed by atoms with Crippen LogP contribution in [0.1, 0.15) is 6.42 Å². The molecule has 1 aromatic heterocycles. The Hall–Kier alpha value is -1.40. The first-order valence-electron chi connectivity index (χ1n) is 6.39. The predicted octanol–water partition coefficient (Wildman–Crippen LogP) is 1.19. The summed E-state index contributed by atoms with van der Waals surface area (Å²) in [6.07, 6.45) is 0.833. The largest absolute Gasteiger partial charge is 0.486 e. The number of methoxy groups -OCH3 is 1. The number of rotatable bonds is 6. The van der Waals surface area contributed by atoms with Gasteiger partial charge < -0.3 is 19.5 Å². The Labute approximate surface area is 112 Å². The van der Waals surface area contributed by atoms with Gasteiger partial charge in [-0.25, -0.2) is 9.37 Å². The number of ether oxygens (including phenoxy) is 3. The molecule has 0 radical (unpaired) electrons. The number of hydrogen-bond acceptors (Lipinski definition) is 5. The third kappa shape index (κ3) is 4.33. The zero-order valence-electron chi connectivity index (χ0n) is 11.0. The number of piperidine rings is 1. The monoisotopic (exact) mass is 270 g/mol. The maximum atomic E-state index is 13.6. The summed E-state index contributed by atoms with van der Waals surface area (Å²) in [5.41, 5.74) is 0. The average Bonchev–Trinajstić information content (AvgIpc) is 2.44. The van der Waals surface area contributed by atoms with E-state index in [1.807, 2.05) is 0 Å². The topological polar surface area (TPSA) is 52.6 Å². The molecule has 19 heavy (non-hydrogen) atoms. The van der Waals surface area contributed by atoms with E-state index in [0.29, 0.717) is 37.8 Å². The van der Waals surface area contributed by atoms with Gasteiger partial charge in [0.2, 0.25) is 5.88 Å². The maximum absolute atomic E-state index is 13.6. The lowest BCUT2D eigenvalue weighted by Crippen LogP contribution is -2.44. The highest BCUT2D eigenvalue weighted by Crippen LogP contribution is 2.19. The van der Waals surface area contributed by atoms with Crippen molar-refractivity contribution in [2.75, 3.05) is 33.4 Å². The van der Waals surface area contributed by atoms with Gasteiger partial charge in [0.15, 0.2) is 0 Å². The van der Waals surface area contributed by atoms with E-state index in [1.54, 1.807) is 25.4 Å². The molecule has 0 amide bonds. The van der Waals surface area contributed by atoms with Crippen molar-refractivity contribution in [1.29, 1.82) is 0 Å². The zero-order valence-corrected chi connectivity index (χ0v) is 11.0. The van der Waals surface area contributed by atoms with Gasteiger partial charge in [-0.3, -0.25) is 0 Å². The molecule has 0 aromatic carbocycles. The Morgan fingerprint density at radius 3 is 3.00 bits per heavy atom. The predicted molar refractivity (Wildman–Crippen MR) is 68.4 cm³/mol. The van der Waals surface area contributed by atoms with Crippen molar-refractivity contribution in [3.05, 3.63) is 18.3 Å². The summed E-state index contributed by atoms with van der Waals surface area (Å²) in [5.74, 6) is 1.07. The summed E-state index contributed by atoms with van der Waals surface area (Å²) < 4.78 is 29.4. The van der Waals surface area contributed by atoms with E-state index in [-0.39, 0.29) is 0 Å². The molecule has 2 rings (SSSR count). The van der Waals surface area contributed by atoms with Crippen LogP contribution in [-0.2, 0) is 4.74 Å². The summed E-state index contributed by atoms with van der Waals surface area (Å²) >= 11 is 0. The van der Waals surface area contributed by atoms with Gasteiger partial charge in [0.1, 0.15) is 24.6 Å². The van der Waals surface area contributed by atoms with Crippen LogP contribution < -0.4 is 14.8 Å². The van der Waals surface area contributed by atoms with Gasteiger partial charge in [-0.2, -0.15) is 0 Å². The Balaban J connectivity index is 1.84. The van der Waals surface area contributed by atoms with E-state index in [4.69, 9.17) is 14.2 Å². The fraction of sp³-hybridized carbons (Fsp3) is 0.615. The van der Waals surface area contributed by atoms with Crippen molar-refractivity contribution in [3.8, 4) is 11.6 Å². The molecule has 1 N–H and O–H groups in total. The minimum absolute atomic E-state index is 0.344. The fourth-order valence-electron chi connectivity index (χ4n) is 1.86. The molecule has 6 heteroatoms. The van der Waals surface area contributed by atoms with Gasteiger partial charge in [0.05, 0.1) is 12.8 Å². The molecule has 1 aromatic rings. The van der Waals surface area contributed by atoms with Gasteiger partial charge in [0, 0.05) is 19.7 Å². The van der Waals surface area contributed by atoms with Crippen LogP contribution in [0.15, 0.2) is 18.3 Å². The van der Waals surface area contributed by atoms with Gasteiger partial charge >= 0.3 is 0 Å². The van der Waals surface area contributed by atoms with Crippen molar-refractivity contribution in [1.82, 2.24) is 10.3 Å². The highest BCUT2D eigenvalue weighted by atomic mass is 19.1. The fourth-order valence-corrected chi connectivity index (χ4v) is 1.86. The Bertz CT molecular complexity index is 375. The quantitative estimate of drug-likeness (QED) is 0.787. The lowest BCUT2D eigenvalue weighted by molar-refractivity contribution is 0.0726.